The third-order valence-electron chi connectivity index (χ3n) is 4.56. The Morgan fingerprint density at radius 3 is 2.54 bits per heavy atom. The van der Waals surface area contributed by atoms with E-state index in [1.54, 1.807) is 0 Å². The third kappa shape index (κ3) is 5.95. The first-order chi connectivity index (χ1) is 12.9. The minimum absolute atomic E-state index is 0.0194. The summed E-state index contributed by atoms with van der Waals surface area (Å²) in [5.41, 5.74) is 0.0194. The molecule has 1 heterocycles. The zero-order valence-corrected chi connectivity index (χ0v) is 16.2. The van der Waals surface area contributed by atoms with Gasteiger partial charge in [-0.15, -0.1) is 0 Å². The van der Waals surface area contributed by atoms with Crippen LogP contribution in [0.5, 0.6) is 0 Å². The lowest BCUT2D eigenvalue weighted by atomic mass is 9.86. The van der Waals surface area contributed by atoms with E-state index in [0.29, 0.717) is 0 Å². The molecule has 0 radical (unpaired) electrons. The number of hydrogen-bond acceptors (Lipinski definition) is 3. The van der Waals surface area contributed by atoms with Gasteiger partial charge in [-0.25, -0.2) is 17.6 Å². The van der Waals surface area contributed by atoms with Crippen LogP contribution in [0.15, 0.2) is 35.7 Å². The minimum Gasteiger partial charge on any atom is -0.332 e. The molecule has 1 N–H and O–H groups in total. The Balaban J connectivity index is 2.24. The lowest BCUT2D eigenvalue weighted by Crippen LogP contribution is -2.50. The van der Waals surface area contributed by atoms with Gasteiger partial charge in [0.2, 0.25) is 0 Å². The normalized spacial score (nSPS) is 22.3. The van der Waals surface area contributed by atoms with E-state index in [1.165, 1.54) is 36.1 Å². The van der Waals surface area contributed by atoms with Gasteiger partial charge in [-0.2, -0.15) is 13.2 Å². The van der Waals surface area contributed by atoms with Gasteiger partial charge < -0.3 is 10.2 Å². The van der Waals surface area contributed by atoms with Crippen molar-refractivity contribution in [3.05, 3.63) is 47.1 Å². The summed E-state index contributed by atoms with van der Waals surface area (Å²) in [7, 11) is -3.38. The molecule has 2 amide bonds. The highest BCUT2D eigenvalue weighted by molar-refractivity contribution is 7.93. The predicted octanol–water partition coefficient (Wildman–Crippen LogP) is 3.80. The van der Waals surface area contributed by atoms with Crippen molar-refractivity contribution < 1.29 is 30.8 Å². The molecule has 0 bridgehead atoms. The SMILES string of the molecule is C[C@@H](/C=C/S(C)(=O)=O)NC(=O)N1CC[C@@H](C(F)(F)F)C[C@H]1c1ccccc1F. The fraction of sp³-hybridized carbons (Fsp3) is 0.500. The Morgan fingerprint density at radius 1 is 1.32 bits per heavy atom. The van der Waals surface area contributed by atoms with E-state index >= 15 is 0 Å². The molecule has 0 spiro atoms. The number of rotatable bonds is 4. The molecule has 1 saturated heterocycles. The summed E-state index contributed by atoms with van der Waals surface area (Å²) in [4.78, 5) is 13.8. The van der Waals surface area contributed by atoms with Crippen molar-refractivity contribution in [2.75, 3.05) is 12.8 Å². The predicted molar refractivity (Wildman–Crippen MR) is 96.6 cm³/mol. The number of carbonyl (C=O) groups is 1. The van der Waals surface area contributed by atoms with Crippen LogP contribution in [0.3, 0.4) is 0 Å². The number of likely N-dealkylation sites (tertiary alicyclic amines) is 1. The van der Waals surface area contributed by atoms with E-state index in [9.17, 15) is 30.8 Å². The monoisotopic (exact) mass is 422 g/mol. The molecule has 28 heavy (non-hydrogen) atoms. The molecule has 0 aromatic heterocycles. The number of nitrogens with zero attached hydrogens (tertiary/aromatic N) is 1. The van der Waals surface area contributed by atoms with E-state index in [1.807, 2.05) is 0 Å². The zero-order chi connectivity index (χ0) is 21.1. The van der Waals surface area contributed by atoms with Crippen LogP contribution in [0.2, 0.25) is 0 Å². The second-order valence-electron chi connectivity index (χ2n) is 6.89. The van der Waals surface area contributed by atoms with E-state index in [0.717, 1.165) is 17.7 Å². The second-order valence-corrected chi connectivity index (χ2v) is 8.82. The Kier molecular flexibility index (Phi) is 6.74. The van der Waals surface area contributed by atoms with Crippen molar-refractivity contribution in [2.45, 2.75) is 38.0 Å². The smallest absolute Gasteiger partial charge is 0.332 e. The molecule has 5 nitrogen and oxygen atoms in total. The van der Waals surface area contributed by atoms with Crippen LogP contribution in [-0.4, -0.2) is 44.4 Å². The van der Waals surface area contributed by atoms with Crippen LogP contribution in [0.1, 0.15) is 31.4 Å². The van der Waals surface area contributed by atoms with Crippen LogP contribution >= 0.6 is 0 Å². The molecule has 0 saturated carbocycles. The highest BCUT2D eigenvalue weighted by Crippen LogP contribution is 2.42. The molecule has 0 aliphatic carbocycles. The number of amides is 2. The van der Waals surface area contributed by atoms with Crippen molar-refractivity contribution in [3.63, 3.8) is 0 Å². The van der Waals surface area contributed by atoms with Crippen molar-refractivity contribution in [2.24, 2.45) is 5.92 Å². The largest absolute Gasteiger partial charge is 0.391 e. The zero-order valence-electron chi connectivity index (χ0n) is 15.4. The number of sulfone groups is 1. The summed E-state index contributed by atoms with van der Waals surface area (Å²) in [6, 6.07) is 3.00. The number of benzene rings is 1. The Morgan fingerprint density at radius 2 is 1.96 bits per heavy atom. The molecule has 1 aliphatic heterocycles. The van der Waals surface area contributed by atoms with E-state index in [4.69, 9.17) is 0 Å². The van der Waals surface area contributed by atoms with Crippen LogP contribution in [0.4, 0.5) is 22.4 Å². The number of nitrogens with one attached hydrogen (secondary N) is 1. The summed E-state index contributed by atoms with van der Waals surface area (Å²) in [6.45, 7) is 1.33. The highest BCUT2D eigenvalue weighted by atomic mass is 32.2. The molecule has 1 aromatic carbocycles. The molecule has 10 heteroatoms. The maximum Gasteiger partial charge on any atom is 0.391 e. The fourth-order valence-electron chi connectivity index (χ4n) is 3.13. The molecule has 1 aliphatic rings. The van der Waals surface area contributed by atoms with E-state index in [2.05, 4.69) is 5.32 Å². The van der Waals surface area contributed by atoms with Crippen LogP contribution in [0, 0.1) is 11.7 Å². The molecule has 1 aromatic rings. The molecule has 1 fully saturated rings. The Labute approximate surface area is 161 Å². The van der Waals surface area contributed by atoms with Gasteiger partial charge in [0.25, 0.3) is 0 Å². The minimum atomic E-state index is -4.43. The fourth-order valence-corrected chi connectivity index (χ4v) is 3.65. The number of alkyl halides is 3. The third-order valence-corrected chi connectivity index (χ3v) is 5.21. The van der Waals surface area contributed by atoms with Crippen molar-refractivity contribution in [1.82, 2.24) is 10.2 Å². The topological polar surface area (TPSA) is 66.5 Å². The number of halogens is 4. The summed E-state index contributed by atoms with van der Waals surface area (Å²) in [5.74, 6) is -2.32. The second kappa shape index (κ2) is 8.50. The van der Waals surface area contributed by atoms with Gasteiger partial charge >= 0.3 is 12.2 Å². The average Bonchev–Trinajstić information content (AvgIpc) is 2.58. The van der Waals surface area contributed by atoms with Gasteiger partial charge in [0.05, 0.1) is 12.0 Å². The number of piperidine rings is 1. The number of urea groups is 1. The number of hydrogen-bond donors (Lipinski definition) is 1. The summed E-state index contributed by atoms with van der Waals surface area (Å²) in [5, 5.41) is 3.46. The van der Waals surface area contributed by atoms with Crippen LogP contribution in [-0.2, 0) is 9.84 Å². The van der Waals surface area contributed by atoms with Crippen molar-refractivity contribution in [3.8, 4) is 0 Å². The van der Waals surface area contributed by atoms with Gasteiger partial charge in [-0.1, -0.05) is 24.3 Å². The maximum absolute atomic E-state index is 14.2. The van der Waals surface area contributed by atoms with Crippen LogP contribution < -0.4 is 5.32 Å². The van der Waals surface area contributed by atoms with Gasteiger partial charge in [-0.05, 0) is 25.8 Å². The Hall–Kier alpha value is -2.10. The molecular formula is C18H22F4N2O3S. The van der Waals surface area contributed by atoms with E-state index < -0.39 is 52.3 Å². The van der Waals surface area contributed by atoms with Gasteiger partial charge in [0, 0.05) is 29.8 Å². The van der Waals surface area contributed by atoms with Gasteiger partial charge in [0.15, 0.2) is 9.84 Å². The first kappa shape index (κ1) is 22.2. The first-order valence-corrected chi connectivity index (χ1v) is 10.6. The number of carbonyl (C=O) groups excluding carboxylic acids is 1. The van der Waals surface area contributed by atoms with Gasteiger partial charge in [-0.3, -0.25) is 0 Å². The molecule has 2 rings (SSSR count). The summed E-state index contributed by atoms with van der Waals surface area (Å²) in [6.07, 6.45) is -2.90. The summed E-state index contributed by atoms with van der Waals surface area (Å²) < 4.78 is 76.2. The lowest BCUT2D eigenvalue weighted by molar-refractivity contribution is -0.188. The average molecular weight is 422 g/mol. The molecule has 0 unspecified atom stereocenters. The lowest BCUT2D eigenvalue weighted by Gasteiger charge is -2.40. The van der Waals surface area contributed by atoms with Crippen molar-refractivity contribution in [1.29, 1.82) is 0 Å². The van der Waals surface area contributed by atoms with E-state index in [-0.39, 0.29) is 18.5 Å². The summed E-state index contributed by atoms with van der Waals surface area (Å²) >= 11 is 0. The highest BCUT2D eigenvalue weighted by Gasteiger charge is 2.46. The molecule has 3 atom stereocenters. The first-order valence-electron chi connectivity index (χ1n) is 8.65. The van der Waals surface area contributed by atoms with Gasteiger partial charge in [0.1, 0.15) is 5.82 Å². The molecular weight excluding hydrogens is 400 g/mol. The van der Waals surface area contributed by atoms with Crippen LogP contribution in [0.25, 0.3) is 0 Å². The standard InChI is InChI=1S/C18H22F4N2O3S/c1-12(8-10-28(2,26)27)23-17(25)24-9-7-13(18(20,21)22)11-16(24)14-5-3-4-6-15(14)19/h3-6,8,10,12-13,16H,7,9,11H2,1-2H3,(H,23,25)/b10-8+/t12-,13+,16-/m0/s1. The maximum atomic E-state index is 14.2. The quantitative estimate of drug-likeness (QED) is 0.751. The van der Waals surface area contributed by atoms with Crippen molar-refractivity contribution >= 4 is 15.9 Å². The Bertz CT molecular complexity index is 839. The molecule has 156 valence electrons.